The molecule has 0 unspecified atom stereocenters. The Kier molecular flexibility index (Phi) is 6.02. The Hall–Kier alpha value is -2.83. The summed E-state index contributed by atoms with van der Waals surface area (Å²) < 4.78 is 27.7. The van der Waals surface area contributed by atoms with Gasteiger partial charge in [0.25, 0.3) is 10.0 Å². The van der Waals surface area contributed by atoms with E-state index >= 15 is 0 Å². The van der Waals surface area contributed by atoms with Crippen LogP contribution in [0.4, 0.5) is 11.4 Å². The highest BCUT2D eigenvalue weighted by Gasteiger charge is 2.16. The molecule has 3 aromatic carbocycles. The predicted octanol–water partition coefficient (Wildman–Crippen LogP) is 4.63. The van der Waals surface area contributed by atoms with Crippen molar-refractivity contribution < 1.29 is 13.2 Å². The highest BCUT2D eigenvalue weighted by Crippen LogP contribution is 2.24. The SMILES string of the molecule is Cc1ccc(Cl)cc1NS(=O)(=O)c1ccc(NC(=O)Cc2ccccc2)cc1. The van der Waals surface area contributed by atoms with Crippen LogP contribution in [-0.4, -0.2) is 14.3 Å². The smallest absolute Gasteiger partial charge is 0.261 e. The summed E-state index contributed by atoms with van der Waals surface area (Å²) in [6.07, 6.45) is 0.247. The lowest BCUT2D eigenvalue weighted by Crippen LogP contribution is -2.15. The van der Waals surface area contributed by atoms with E-state index in [4.69, 9.17) is 11.6 Å². The minimum atomic E-state index is -3.77. The second kappa shape index (κ2) is 8.46. The van der Waals surface area contributed by atoms with E-state index in [-0.39, 0.29) is 17.2 Å². The number of rotatable bonds is 6. The van der Waals surface area contributed by atoms with Gasteiger partial charge >= 0.3 is 0 Å². The maximum atomic E-state index is 12.6. The molecule has 28 heavy (non-hydrogen) atoms. The summed E-state index contributed by atoms with van der Waals surface area (Å²) in [7, 11) is -3.77. The number of anilines is 2. The zero-order valence-corrected chi connectivity index (χ0v) is 16.7. The van der Waals surface area contributed by atoms with Gasteiger partial charge in [-0.25, -0.2) is 8.42 Å². The Balaban J connectivity index is 1.69. The van der Waals surface area contributed by atoms with Gasteiger partial charge in [0.1, 0.15) is 0 Å². The molecule has 5 nitrogen and oxygen atoms in total. The molecular formula is C21H19ClN2O3S. The Morgan fingerprint density at radius 1 is 0.964 bits per heavy atom. The maximum absolute atomic E-state index is 12.6. The van der Waals surface area contributed by atoms with E-state index < -0.39 is 10.0 Å². The molecule has 3 aromatic rings. The molecule has 0 radical (unpaired) electrons. The van der Waals surface area contributed by atoms with Crippen molar-refractivity contribution in [1.29, 1.82) is 0 Å². The molecule has 0 bridgehead atoms. The molecule has 7 heteroatoms. The average Bonchev–Trinajstić information content (AvgIpc) is 2.66. The van der Waals surface area contributed by atoms with Crippen molar-refractivity contribution in [1.82, 2.24) is 0 Å². The Bertz CT molecular complexity index is 1080. The van der Waals surface area contributed by atoms with Crippen LogP contribution in [0.1, 0.15) is 11.1 Å². The number of nitrogens with one attached hydrogen (secondary N) is 2. The summed E-state index contributed by atoms with van der Waals surface area (Å²) in [5.74, 6) is -0.172. The number of carbonyl (C=O) groups is 1. The van der Waals surface area contributed by atoms with E-state index in [1.165, 1.54) is 12.1 Å². The van der Waals surface area contributed by atoms with Crippen molar-refractivity contribution in [2.45, 2.75) is 18.2 Å². The largest absolute Gasteiger partial charge is 0.326 e. The van der Waals surface area contributed by atoms with Crippen LogP contribution in [0.3, 0.4) is 0 Å². The number of halogens is 1. The average molecular weight is 415 g/mol. The van der Waals surface area contributed by atoms with Crippen LogP contribution in [0.5, 0.6) is 0 Å². The fourth-order valence-electron chi connectivity index (χ4n) is 2.61. The van der Waals surface area contributed by atoms with Gasteiger partial charge < -0.3 is 5.32 Å². The highest BCUT2D eigenvalue weighted by molar-refractivity contribution is 7.92. The van der Waals surface area contributed by atoms with E-state index in [1.54, 1.807) is 37.3 Å². The third-order valence-electron chi connectivity index (χ3n) is 4.10. The molecule has 0 saturated carbocycles. The van der Waals surface area contributed by atoms with Gasteiger partial charge in [-0.2, -0.15) is 0 Å². The quantitative estimate of drug-likeness (QED) is 0.617. The van der Waals surface area contributed by atoms with E-state index in [9.17, 15) is 13.2 Å². The maximum Gasteiger partial charge on any atom is 0.261 e. The van der Waals surface area contributed by atoms with Crippen LogP contribution in [0.2, 0.25) is 5.02 Å². The van der Waals surface area contributed by atoms with Crippen LogP contribution in [-0.2, 0) is 21.2 Å². The Morgan fingerprint density at radius 2 is 1.64 bits per heavy atom. The fraction of sp³-hybridized carbons (Fsp3) is 0.0952. The second-order valence-corrected chi connectivity index (χ2v) is 8.42. The van der Waals surface area contributed by atoms with Gasteiger partial charge in [0.15, 0.2) is 0 Å². The van der Waals surface area contributed by atoms with Gasteiger partial charge in [-0.05, 0) is 54.4 Å². The number of benzene rings is 3. The molecular weight excluding hydrogens is 396 g/mol. The highest BCUT2D eigenvalue weighted by atomic mass is 35.5. The summed E-state index contributed by atoms with van der Waals surface area (Å²) in [4.78, 5) is 12.2. The zero-order chi connectivity index (χ0) is 20.1. The molecule has 0 fully saturated rings. The molecule has 0 aromatic heterocycles. The number of amides is 1. The van der Waals surface area contributed by atoms with Crippen molar-refractivity contribution in [3.05, 3.63) is 88.9 Å². The molecule has 144 valence electrons. The first-order chi connectivity index (χ1) is 13.3. The summed E-state index contributed by atoms with van der Waals surface area (Å²) in [6, 6.07) is 20.4. The van der Waals surface area contributed by atoms with Crippen molar-refractivity contribution in [2.75, 3.05) is 10.0 Å². The van der Waals surface area contributed by atoms with Crippen LogP contribution in [0.25, 0.3) is 0 Å². The van der Waals surface area contributed by atoms with Crippen LogP contribution in [0, 0.1) is 6.92 Å². The molecule has 0 atom stereocenters. The first-order valence-corrected chi connectivity index (χ1v) is 10.4. The molecule has 2 N–H and O–H groups in total. The third kappa shape index (κ3) is 5.12. The number of hydrogen-bond donors (Lipinski definition) is 2. The summed E-state index contributed by atoms with van der Waals surface area (Å²) in [6.45, 7) is 1.79. The Labute approximate surface area is 169 Å². The Morgan fingerprint density at radius 3 is 2.32 bits per heavy atom. The first kappa shape index (κ1) is 19.9. The lowest BCUT2D eigenvalue weighted by molar-refractivity contribution is -0.115. The predicted molar refractivity (Wildman–Crippen MR) is 112 cm³/mol. The van der Waals surface area contributed by atoms with Crippen molar-refractivity contribution in [2.24, 2.45) is 0 Å². The van der Waals surface area contributed by atoms with Crippen LogP contribution < -0.4 is 10.0 Å². The lowest BCUT2D eigenvalue weighted by atomic mass is 10.1. The van der Waals surface area contributed by atoms with E-state index in [0.717, 1.165) is 11.1 Å². The van der Waals surface area contributed by atoms with Gasteiger partial charge in [-0.3, -0.25) is 9.52 Å². The van der Waals surface area contributed by atoms with Gasteiger partial charge in [0.05, 0.1) is 17.0 Å². The van der Waals surface area contributed by atoms with Gasteiger partial charge in [-0.1, -0.05) is 48.0 Å². The molecule has 0 saturated heterocycles. The minimum Gasteiger partial charge on any atom is -0.326 e. The normalized spacial score (nSPS) is 11.1. The second-order valence-electron chi connectivity index (χ2n) is 6.30. The van der Waals surface area contributed by atoms with Gasteiger partial charge in [0, 0.05) is 10.7 Å². The van der Waals surface area contributed by atoms with Crippen LogP contribution in [0.15, 0.2) is 77.7 Å². The fourth-order valence-corrected chi connectivity index (χ4v) is 3.91. The van der Waals surface area contributed by atoms with E-state index in [1.807, 2.05) is 30.3 Å². The number of aryl methyl sites for hydroxylation is 1. The topological polar surface area (TPSA) is 75.3 Å². The van der Waals surface area contributed by atoms with Gasteiger partial charge in [0.2, 0.25) is 5.91 Å². The van der Waals surface area contributed by atoms with Crippen molar-refractivity contribution in [3.63, 3.8) is 0 Å². The monoisotopic (exact) mass is 414 g/mol. The van der Waals surface area contributed by atoms with Crippen LogP contribution >= 0.6 is 11.6 Å². The third-order valence-corrected chi connectivity index (χ3v) is 5.72. The van der Waals surface area contributed by atoms with Crippen molar-refractivity contribution in [3.8, 4) is 0 Å². The minimum absolute atomic E-state index is 0.0907. The zero-order valence-electron chi connectivity index (χ0n) is 15.1. The molecule has 0 aliphatic carbocycles. The number of carbonyl (C=O) groups excluding carboxylic acids is 1. The molecule has 3 rings (SSSR count). The first-order valence-electron chi connectivity index (χ1n) is 8.56. The lowest BCUT2D eigenvalue weighted by Gasteiger charge is -2.12. The molecule has 0 spiro atoms. The standard InChI is InChI=1S/C21H19ClN2O3S/c1-15-7-8-17(22)14-20(15)24-28(26,27)19-11-9-18(10-12-19)23-21(25)13-16-5-3-2-4-6-16/h2-12,14,24H,13H2,1H3,(H,23,25). The number of sulfonamides is 1. The summed E-state index contributed by atoms with van der Waals surface area (Å²) in [5.41, 5.74) is 2.62. The van der Waals surface area contributed by atoms with Gasteiger partial charge in [-0.15, -0.1) is 0 Å². The molecule has 0 aliphatic heterocycles. The molecule has 0 aliphatic rings. The molecule has 1 amide bonds. The van der Waals surface area contributed by atoms with E-state index in [2.05, 4.69) is 10.0 Å². The number of hydrogen-bond acceptors (Lipinski definition) is 3. The molecule has 0 heterocycles. The summed E-state index contributed by atoms with van der Waals surface area (Å²) >= 11 is 5.94. The summed E-state index contributed by atoms with van der Waals surface area (Å²) in [5, 5.41) is 3.21. The van der Waals surface area contributed by atoms with E-state index in [0.29, 0.717) is 16.4 Å². The van der Waals surface area contributed by atoms with Crippen molar-refractivity contribution >= 4 is 38.9 Å².